The molecule has 0 radical (unpaired) electrons. The Bertz CT molecular complexity index is 338. The Hall–Kier alpha value is -1.63. The number of amides is 1. The first-order valence-electron chi connectivity index (χ1n) is 5.36. The van der Waals surface area contributed by atoms with Crippen molar-refractivity contribution in [3.63, 3.8) is 0 Å². The van der Waals surface area contributed by atoms with Crippen LogP contribution in [-0.2, 0) is 19.1 Å². The molecular weight excluding hydrogens is 228 g/mol. The van der Waals surface area contributed by atoms with E-state index in [4.69, 9.17) is 10.8 Å². The number of esters is 1. The summed E-state index contributed by atoms with van der Waals surface area (Å²) in [5.41, 5.74) is 4.47. The third-order valence-corrected chi connectivity index (χ3v) is 2.73. The van der Waals surface area contributed by atoms with Crippen molar-refractivity contribution in [1.29, 1.82) is 0 Å². The number of rotatable bonds is 6. The predicted molar refractivity (Wildman–Crippen MR) is 56.9 cm³/mol. The zero-order chi connectivity index (χ0) is 13.1. The number of hydrogen-bond acceptors (Lipinski definition) is 5. The van der Waals surface area contributed by atoms with Crippen LogP contribution >= 0.6 is 0 Å². The molecule has 17 heavy (non-hydrogen) atoms. The Morgan fingerprint density at radius 2 is 2.06 bits per heavy atom. The molecule has 1 amide bonds. The van der Waals surface area contributed by atoms with Gasteiger partial charge in [0.1, 0.15) is 0 Å². The van der Waals surface area contributed by atoms with Crippen LogP contribution in [0.1, 0.15) is 19.8 Å². The molecule has 0 aromatic heterocycles. The van der Waals surface area contributed by atoms with Crippen molar-refractivity contribution >= 4 is 17.8 Å². The van der Waals surface area contributed by atoms with Crippen molar-refractivity contribution in [3.05, 3.63) is 0 Å². The lowest BCUT2D eigenvalue weighted by atomic mass is 10.1. The first-order chi connectivity index (χ1) is 7.93. The van der Waals surface area contributed by atoms with Gasteiger partial charge in [0.05, 0.1) is 12.0 Å². The Balaban J connectivity index is 2.40. The lowest BCUT2D eigenvalue weighted by Crippen LogP contribution is -2.48. The zero-order valence-corrected chi connectivity index (χ0v) is 9.56. The topological polar surface area (TPSA) is 119 Å². The number of hydrogen-bond donors (Lipinski definition) is 3. The van der Waals surface area contributed by atoms with E-state index in [2.05, 4.69) is 10.1 Å². The third-order valence-electron chi connectivity index (χ3n) is 2.73. The van der Waals surface area contributed by atoms with Crippen LogP contribution < -0.4 is 11.1 Å². The minimum atomic E-state index is -1.40. The minimum Gasteiger partial charge on any atom is -0.481 e. The van der Waals surface area contributed by atoms with E-state index in [1.165, 1.54) is 0 Å². The maximum atomic E-state index is 11.4. The van der Waals surface area contributed by atoms with Gasteiger partial charge >= 0.3 is 11.9 Å². The zero-order valence-electron chi connectivity index (χ0n) is 9.56. The highest BCUT2D eigenvalue weighted by Gasteiger charge is 2.50. The largest absolute Gasteiger partial charge is 0.481 e. The Kier molecular flexibility index (Phi) is 4.06. The number of ether oxygens (including phenoxy) is 1. The molecular formula is C10H16N2O5. The lowest BCUT2D eigenvalue weighted by Gasteiger charge is -2.14. The molecule has 1 aliphatic rings. The molecule has 1 saturated carbocycles. The molecule has 0 bridgehead atoms. The van der Waals surface area contributed by atoms with E-state index in [-0.39, 0.29) is 13.2 Å². The van der Waals surface area contributed by atoms with Crippen molar-refractivity contribution in [1.82, 2.24) is 5.32 Å². The van der Waals surface area contributed by atoms with Crippen molar-refractivity contribution in [2.24, 2.45) is 11.1 Å². The van der Waals surface area contributed by atoms with Crippen LogP contribution in [0.3, 0.4) is 0 Å². The maximum Gasteiger partial charge on any atom is 0.332 e. The van der Waals surface area contributed by atoms with Gasteiger partial charge in [-0.1, -0.05) is 0 Å². The Morgan fingerprint density at radius 3 is 2.47 bits per heavy atom. The molecule has 7 heteroatoms. The highest BCUT2D eigenvalue weighted by atomic mass is 16.5. The van der Waals surface area contributed by atoms with E-state index in [0.29, 0.717) is 12.8 Å². The molecule has 96 valence electrons. The van der Waals surface area contributed by atoms with E-state index in [1.807, 2.05) is 0 Å². The van der Waals surface area contributed by atoms with Gasteiger partial charge in [-0.15, -0.1) is 0 Å². The molecule has 0 aromatic carbocycles. The number of carbonyl (C=O) groups is 3. The van der Waals surface area contributed by atoms with Gasteiger partial charge < -0.3 is 20.9 Å². The number of carbonyl (C=O) groups excluding carboxylic acids is 2. The number of nitrogens with one attached hydrogen (secondary N) is 1. The molecule has 7 nitrogen and oxygen atoms in total. The first-order valence-corrected chi connectivity index (χ1v) is 5.36. The molecule has 0 aromatic rings. The molecule has 0 aliphatic heterocycles. The Morgan fingerprint density at radius 1 is 1.47 bits per heavy atom. The molecule has 1 atom stereocenters. The molecule has 1 aliphatic carbocycles. The Labute approximate surface area is 98.3 Å². The lowest BCUT2D eigenvalue weighted by molar-refractivity contribution is -0.148. The van der Waals surface area contributed by atoms with Crippen LogP contribution in [0.25, 0.3) is 0 Å². The van der Waals surface area contributed by atoms with Crippen molar-refractivity contribution < 1.29 is 24.2 Å². The fraction of sp³-hybridized carbons (Fsp3) is 0.700. The highest BCUT2D eigenvalue weighted by Crippen LogP contribution is 2.45. The fourth-order valence-electron chi connectivity index (χ4n) is 1.32. The minimum absolute atomic E-state index is 0.00568. The molecule has 0 spiro atoms. The van der Waals surface area contributed by atoms with Gasteiger partial charge in [0.25, 0.3) is 0 Å². The molecule has 1 rings (SSSR count). The normalized spacial score (nSPS) is 18.0. The third kappa shape index (κ3) is 3.16. The van der Waals surface area contributed by atoms with Gasteiger partial charge in [0.15, 0.2) is 6.04 Å². The van der Waals surface area contributed by atoms with E-state index >= 15 is 0 Å². The van der Waals surface area contributed by atoms with E-state index in [0.717, 1.165) is 0 Å². The summed E-state index contributed by atoms with van der Waals surface area (Å²) >= 11 is 0. The summed E-state index contributed by atoms with van der Waals surface area (Å²) in [5.74, 6) is -2.47. The molecule has 1 unspecified atom stereocenters. The van der Waals surface area contributed by atoms with Gasteiger partial charge in [-0.3, -0.25) is 9.59 Å². The molecule has 1 fully saturated rings. The highest BCUT2D eigenvalue weighted by molar-refractivity contribution is 6.01. The van der Waals surface area contributed by atoms with Gasteiger partial charge in [0, 0.05) is 6.54 Å². The van der Waals surface area contributed by atoms with E-state index < -0.39 is 29.3 Å². The van der Waals surface area contributed by atoms with Crippen LogP contribution in [0, 0.1) is 5.41 Å². The number of aliphatic carboxylic acids is 1. The molecule has 0 saturated heterocycles. The van der Waals surface area contributed by atoms with Gasteiger partial charge in [-0.05, 0) is 19.8 Å². The number of nitrogens with two attached hydrogens (primary N) is 1. The van der Waals surface area contributed by atoms with Crippen LogP contribution in [0.2, 0.25) is 0 Å². The summed E-state index contributed by atoms with van der Waals surface area (Å²) in [6.45, 7) is 1.74. The smallest absolute Gasteiger partial charge is 0.332 e. The monoisotopic (exact) mass is 244 g/mol. The van der Waals surface area contributed by atoms with Crippen LogP contribution in [-0.4, -0.2) is 42.1 Å². The fourth-order valence-corrected chi connectivity index (χ4v) is 1.32. The average molecular weight is 244 g/mol. The van der Waals surface area contributed by atoms with E-state index in [1.54, 1.807) is 6.92 Å². The standard InChI is InChI=1S/C10H16N2O5/c1-2-17-8(14)6(11)7(13)12-5-10(3-4-10)9(15)16/h6H,2-5,11H2,1H3,(H,12,13)(H,15,16). The second-order valence-corrected chi connectivity index (χ2v) is 4.03. The summed E-state index contributed by atoms with van der Waals surface area (Å²) < 4.78 is 4.58. The average Bonchev–Trinajstić information content (AvgIpc) is 3.06. The first kappa shape index (κ1) is 13.4. The summed E-state index contributed by atoms with van der Waals surface area (Å²) in [4.78, 5) is 33.4. The number of carboxylic acids is 1. The summed E-state index contributed by atoms with van der Waals surface area (Å²) in [5, 5.41) is 11.2. The second-order valence-electron chi connectivity index (χ2n) is 4.03. The van der Waals surface area contributed by atoms with Gasteiger partial charge in [-0.2, -0.15) is 0 Å². The summed E-state index contributed by atoms with van der Waals surface area (Å²) in [6.07, 6.45) is 1.05. The van der Waals surface area contributed by atoms with Crippen molar-refractivity contribution in [2.75, 3.05) is 13.2 Å². The van der Waals surface area contributed by atoms with Crippen LogP contribution in [0.4, 0.5) is 0 Å². The van der Waals surface area contributed by atoms with Crippen LogP contribution in [0.5, 0.6) is 0 Å². The van der Waals surface area contributed by atoms with Crippen molar-refractivity contribution in [3.8, 4) is 0 Å². The van der Waals surface area contributed by atoms with E-state index in [9.17, 15) is 14.4 Å². The van der Waals surface area contributed by atoms with Crippen LogP contribution in [0.15, 0.2) is 0 Å². The summed E-state index contributed by atoms with van der Waals surface area (Å²) in [7, 11) is 0. The summed E-state index contributed by atoms with van der Waals surface area (Å²) in [6, 6.07) is -1.40. The number of carboxylic acid groups (broad SMARTS) is 1. The van der Waals surface area contributed by atoms with Gasteiger partial charge in [0.2, 0.25) is 5.91 Å². The predicted octanol–water partition coefficient (Wildman–Crippen LogP) is -1.14. The second kappa shape index (κ2) is 5.13. The SMILES string of the molecule is CCOC(=O)C(N)C(=O)NCC1(C(=O)O)CC1. The van der Waals surface area contributed by atoms with Gasteiger partial charge in [-0.25, -0.2) is 4.79 Å². The molecule has 0 heterocycles. The molecule has 4 N–H and O–H groups in total. The van der Waals surface area contributed by atoms with Crippen molar-refractivity contribution in [2.45, 2.75) is 25.8 Å². The maximum absolute atomic E-state index is 11.4. The quantitative estimate of drug-likeness (QED) is 0.401.